The molecule has 0 N–H and O–H groups in total. The van der Waals surface area contributed by atoms with E-state index in [4.69, 9.17) is 5.10 Å². The molecule has 1 aliphatic carbocycles. The van der Waals surface area contributed by atoms with Gasteiger partial charge in [-0.25, -0.2) is 0 Å². The molecule has 3 rings (SSSR count). The summed E-state index contributed by atoms with van der Waals surface area (Å²) in [5.74, 6) is 0.866. The SMILES string of the molecule is Cc1nn(CC2CC2)c2cc(C(C)(C)C)ccc12. The molecule has 18 heavy (non-hydrogen) atoms. The first kappa shape index (κ1) is 11.8. The Hall–Kier alpha value is -1.31. The van der Waals surface area contributed by atoms with Crippen LogP contribution in [0.1, 0.15) is 44.9 Å². The smallest absolute Gasteiger partial charge is 0.0688 e. The van der Waals surface area contributed by atoms with E-state index in [1.54, 1.807) is 0 Å². The third-order valence-corrected chi connectivity index (χ3v) is 3.93. The molecule has 0 aliphatic heterocycles. The Bertz CT molecular complexity index is 583. The summed E-state index contributed by atoms with van der Waals surface area (Å²) in [5.41, 5.74) is 4.07. The molecule has 1 heterocycles. The van der Waals surface area contributed by atoms with Gasteiger partial charge in [-0.3, -0.25) is 4.68 Å². The van der Waals surface area contributed by atoms with Gasteiger partial charge in [-0.05, 0) is 42.7 Å². The van der Waals surface area contributed by atoms with Gasteiger partial charge in [0, 0.05) is 11.9 Å². The second kappa shape index (κ2) is 3.84. The van der Waals surface area contributed by atoms with Crippen molar-refractivity contribution in [3.05, 3.63) is 29.5 Å². The summed E-state index contributed by atoms with van der Waals surface area (Å²) in [6.45, 7) is 10.0. The van der Waals surface area contributed by atoms with Gasteiger partial charge in [-0.15, -0.1) is 0 Å². The molecule has 1 saturated carbocycles. The van der Waals surface area contributed by atoms with E-state index >= 15 is 0 Å². The minimum absolute atomic E-state index is 0.205. The van der Waals surface area contributed by atoms with Gasteiger partial charge in [0.15, 0.2) is 0 Å². The highest BCUT2D eigenvalue weighted by molar-refractivity contribution is 5.82. The standard InChI is InChI=1S/C16H22N2/c1-11-14-8-7-13(16(2,3)4)9-15(14)18(17-11)10-12-5-6-12/h7-9,12H,5-6,10H2,1-4H3. The van der Waals surface area contributed by atoms with Crippen molar-refractivity contribution in [2.24, 2.45) is 5.92 Å². The number of fused-ring (bicyclic) bond motifs is 1. The van der Waals surface area contributed by atoms with Crippen LogP contribution in [-0.4, -0.2) is 9.78 Å². The number of aryl methyl sites for hydroxylation is 1. The normalized spacial score (nSPS) is 16.4. The maximum Gasteiger partial charge on any atom is 0.0688 e. The van der Waals surface area contributed by atoms with Crippen molar-refractivity contribution in [3.63, 3.8) is 0 Å². The van der Waals surface area contributed by atoms with Crippen LogP contribution in [0.15, 0.2) is 18.2 Å². The first-order valence-electron chi connectivity index (χ1n) is 6.93. The average Bonchev–Trinajstić information content (AvgIpc) is 3.04. The number of nitrogens with zero attached hydrogens (tertiary/aromatic N) is 2. The fraction of sp³-hybridized carbons (Fsp3) is 0.562. The fourth-order valence-corrected chi connectivity index (χ4v) is 2.49. The second-order valence-corrected chi connectivity index (χ2v) is 6.69. The first-order valence-corrected chi connectivity index (χ1v) is 6.93. The summed E-state index contributed by atoms with van der Waals surface area (Å²) < 4.78 is 2.22. The van der Waals surface area contributed by atoms with E-state index in [0.717, 1.165) is 18.2 Å². The van der Waals surface area contributed by atoms with Gasteiger partial charge in [-0.1, -0.05) is 32.9 Å². The van der Waals surface area contributed by atoms with E-state index in [0.29, 0.717) is 0 Å². The Balaban J connectivity index is 2.11. The largest absolute Gasteiger partial charge is 0.264 e. The van der Waals surface area contributed by atoms with Crippen molar-refractivity contribution in [2.45, 2.75) is 52.5 Å². The van der Waals surface area contributed by atoms with Crippen LogP contribution in [0.25, 0.3) is 10.9 Å². The minimum atomic E-state index is 0.205. The minimum Gasteiger partial charge on any atom is -0.264 e. The summed E-state index contributed by atoms with van der Waals surface area (Å²) in [4.78, 5) is 0. The molecule has 0 radical (unpaired) electrons. The molecule has 1 fully saturated rings. The lowest BCUT2D eigenvalue weighted by molar-refractivity contribution is 0.572. The predicted octanol–water partition coefficient (Wildman–Crippen LogP) is 4.05. The van der Waals surface area contributed by atoms with Crippen molar-refractivity contribution in [1.29, 1.82) is 0 Å². The molecule has 2 nitrogen and oxygen atoms in total. The van der Waals surface area contributed by atoms with E-state index in [1.807, 2.05) is 0 Å². The monoisotopic (exact) mass is 242 g/mol. The van der Waals surface area contributed by atoms with Gasteiger partial charge in [-0.2, -0.15) is 5.10 Å². The topological polar surface area (TPSA) is 17.8 Å². The Morgan fingerprint density at radius 2 is 2.00 bits per heavy atom. The lowest BCUT2D eigenvalue weighted by Gasteiger charge is -2.19. The Morgan fingerprint density at radius 3 is 2.61 bits per heavy atom. The van der Waals surface area contributed by atoms with Crippen LogP contribution in [0.5, 0.6) is 0 Å². The molecule has 0 atom stereocenters. The molecular formula is C16H22N2. The van der Waals surface area contributed by atoms with Gasteiger partial charge in [0.2, 0.25) is 0 Å². The van der Waals surface area contributed by atoms with E-state index in [-0.39, 0.29) is 5.41 Å². The van der Waals surface area contributed by atoms with E-state index in [1.165, 1.54) is 29.3 Å². The van der Waals surface area contributed by atoms with E-state index in [9.17, 15) is 0 Å². The molecule has 0 spiro atoms. The quantitative estimate of drug-likeness (QED) is 0.776. The Kier molecular flexibility index (Phi) is 2.51. The van der Waals surface area contributed by atoms with Crippen LogP contribution in [0.2, 0.25) is 0 Å². The first-order chi connectivity index (χ1) is 8.45. The van der Waals surface area contributed by atoms with Crippen LogP contribution in [0, 0.1) is 12.8 Å². The van der Waals surface area contributed by atoms with Crippen LogP contribution in [0.4, 0.5) is 0 Å². The van der Waals surface area contributed by atoms with Crippen molar-refractivity contribution >= 4 is 10.9 Å². The molecular weight excluding hydrogens is 220 g/mol. The maximum absolute atomic E-state index is 4.71. The summed E-state index contributed by atoms with van der Waals surface area (Å²) in [5, 5.41) is 6.02. The predicted molar refractivity (Wildman–Crippen MR) is 75.9 cm³/mol. The van der Waals surface area contributed by atoms with E-state index in [2.05, 4.69) is 50.6 Å². The summed E-state index contributed by atoms with van der Waals surface area (Å²) in [7, 11) is 0. The molecule has 1 aromatic carbocycles. The van der Waals surface area contributed by atoms with Crippen molar-refractivity contribution < 1.29 is 0 Å². The second-order valence-electron chi connectivity index (χ2n) is 6.69. The van der Waals surface area contributed by atoms with Gasteiger partial charge in [0.1, 0.15) is 0 Å². The van der Waals surface area contributed by atoms with Crippen molar-refractivity contribution in [3.8, 4) is 0 Å². The Labute approximate surface area is 109 Å². The number of benzene rings is 1. The maximum atomic E-state index is 4.71. The highest BCUT2D eigenvalue weighted by atomic mass is 15.3. The molecule has 0 bridgehead atoms. The van der Waals surface area contributed by atoms with Crippen LogP contribution >= 0.6 is 0 Å². The number of hydrogen-bond acceptors (Lipinski definition) is 1. The van der Waals surface area contributed by atoms with Crippen LogP contribution < -0.4 is 0 Å². The number of rotatable bonds is 2. The third-order valence-electron chi connectivity index (χ3n) is 3.93. The Morgan fingerprint density at radius 1 is 1.28 bits per heavy atom. The number of aromatic nitrogens is 2. The highest BCUT2D eigenvalue weighted by Crippen LogP contribution is 2.33. The molecule has 2 heteroatoms. The zero-order valence-electron chi connectivity index (χ0n) is 11.8. The molecule has 0 amide bonds. The summed E-state index contributed by atoms with van der Waals surface area (Å²) in [6, 6.07) is 6.82. The molecule has 0 unspecified atom stereocenters. The molecule has 1 aromatic heterocycles. The lowest BCUT2D eigenvalue weighted by atomic mass is 9.86. The van der Waals surface area contributed by atoms with Gasteiger partial charge >= 0.3 is 0 Å². The van der Waals surface area contributed by atoms with Crippen LogP contribution in [0.3, 0.4) is 0 Å². The molecule has 2 aromatic rings. The zero-order chi connectivity index (χ0) is 12.9. The average molecular weight is 242 g/mol. The zero-order valence-corrected chi connectivity index (χ0v) is 11.8. The van der Waals surface area contributed by atoms with Crippen molar-refractivity contribution in [2.75, 3.05) is 0 Å². The molecule has 1 aliphatic rings. The summed E-state index contributed by atoms with van der Waals surface area (Å²) >= 11 is 0. The van der Waals surface area contributed by atoms with Gasteiger partial charge in [0.25, 0.3) is 0 Å². The highest BCUT2D eigenvalue weighted by Gasteiger charge is 2.24. The lowest BCUT2D eigenvalue weighted by Crippen LogP contribution is -2.11. The van der Waals surface area contributed by atoms with Gasteiger partial charge in [0.05, 0.1) is 11.2 Å². The summed E-state index contributed by atoms with van der Waals surface area (Å²) in [6.07, 6.45) is 2.75. The number of hydrogen-bond donors (Lipinski definition) is 0. The third kappa shape index (κ3) is 2.05. The van der Waals surface area contributed by atoms with Crippen LogP contribution in [-0.2, 0) is 12.0 Å². The van der Waals surface area contributed by atoms with E-state index < -0.39 is 0 Å². The fourth-order valence-electron chi connectivity index (χ4n) is 2.49. The molecule has 96 valence electrons. The molecule has 0 saturated heterocycles. The van der Waals surface area contributed by atoms with Gasteiger partial charge < -0.3 is 0 Å². The van der Waals surface area contributed by atoms with Crippen molar-refractivity contribution in [1.82, 2.24) is 9.78 Å².